The molecule has 122 valence electrons. The molecule has 0 radical (unpaired) electrons. The van der Waals surface area contributed by atoms with E-state index in [0.717, 1.165) is 4.68 Å². The Kier molecular flexibility index (Phi) is 4.22. The van der Waals surface area contributed by atoms with Gasteiger partial charge >= 0.3 is 6.09 Å². The normalized spacial score (nSPS) is 12.2. The lowest BCUT2D eigenvalue weighted by molar-refractivity contribution is 0.141. The minimum absolute atomic E-state index is 0. The van der Waals surface area contributed by atoms with Crippen LogP contribution in [0.25, 0.3) is 11.1 Å². The van der Waals surface area contributed by atoms with Crippen molar-refractivity contribution in [1.29, 1.82) is 0 Å². The van der Waals surface area contributed by atoms with E-state index in [9.17, 15) is 4.79 Å². The van der Waals surface area contributed by atoms with Crippen LogP contribution in [0.2, 0.25) is 0 Å². The number of rotatable bonds is 2. The van der Waals surface area contributed by atoms with Crippen molar-refractivity contribution in [2.24, 2.45) is 0 Å². The van der Waals surface area contributed by atoms with Gasteiger partial charge in [-0.3, -0.25) is 0 Å². The Hall–Kier alpha value is -2.86. The van der Waals surface area contributed by atoms with Crippen molar-refractivity contribution in [2.45, 2.75) is 5.92 Å². The molecule has 1 aliphatic carbocycles. The lowest BCUT2D eigenvalue weighted by atomic mass is 9.98. The Morgan fingerprint density at radius 3 is 2.21 bits per heavy atom. The zero-order valence-electron chi connectivity index (χ0n) is 12.6. The monoisotopic (exact) mass is 342 g/mol. The molecular formula is C17H15ClN4O2. The van der Waals surface area contributed by atoms with Gasteiger partial charge < -0.3 is 10.5 Å². The molecule has 7 heteroatoms. The van der Waals surface area contributed by atoms with Gasteiger partial charge in [-0.1, -0.05) is 48.5 Å². The highest BCUT2D eigenvalue weighted by Gasteiger charge is 2.29. The van der Waals surface area contributed by atoms with E-state index in [-0.39, 0.29) is 30.9 Å². The standard InChI is InChI=1S/C17H14N4O2.ClH/c18-16-19-10-21(20-16)17(22)23-9-15-13-7-3-1-5-11(13)12-6-2-4-8-14(12)15;/h1-8,10,15H,9H2,(H2,18,20);1H. The van der Waals surface area contributed by atoms with Crippen LogP contribution >= 0.6 is 12.4 Å². The number of hydrogen-bond donors (Lipinski definition) is 1. The molecule has 0 amide bonds. The van der Waals surface area contributed by atoms with Crippen molar-refractivity contribution in [1.82, 2.24) is 14.8 Å². The van der Waals surface area contributed by atoms with Crippen LogP contribution in [0, 0.1) is 0 Å². The predicted molar refractivity (Wildman–Crippen MR) is 92.1 cm³/mol. The van der Waals surface area contributed by atoms with E-state index in [0.29, 0.717) is 0 Å². The van der Waals surface area contributed by atoms with Crippen LogP contribution in [-0.2, 0) is 4.74 Å². The summed E-state index contributed by atoms with van der Waals surface area (Å²) in [7, 11) is 0. The number of benzene rings is 2. The highest BCUT2D eigenvalue weighted by Crippen LogP contribution is 2.44. The van der Waals surface area contributed by atoms with E-state index < -0.39 is 6.09 Å². The molecule has 0 unspecified atom stereocenters. The van der Waals surface area contributed by atoms with Crippen LogP contribution in [0.5, 0.6) is 0 Å². The lowest BCUT2D eigenvalue weighted by Crippen LogP contribution is -2.18. The first-order chi connectivity index (χ1) is 11.2. The molecule has 0 bridgehead atoms. The van der Waals surface area contributed by atoms with E-state index in [1.54, 1.807) is 0 Å². The summed E-state index contributed by atoms with van der Waals surface area (Å²) in [5.41, 5.74) is 10.1. The molecule has 0 fully saturated rings. The number of nitrogens with zero attached hydrogens (tertiary/aromatic N) is 3. The molecular weight excluding hydrogens is 328 g/mol. The summed E-state index contributed by atoms with van der Waals surface area (Å²) < 4.78 is 6.41. The second-order valence-electron chi connectivity index (χ2n) is 5.35. The average molecular weight is 343 g/mol. The molecule has 1 aromatic heterocycles. The SMILES string of the molecule is Cl.Nc1ncn(C(=O)OCC2c3ccccc3-c3ccccc32)n1. The number of ether oxygens (including phenoxy) is 1. The third kappa shape index (κ3) is 2.61. The number of aromatic nitrogens is 3. The topological polar surface area (TPSA) is 83.0 Å². The van der Waals surface area contributed by atoms with Crippen molar-refractivity contribution in [2.75, 3.05) is 12.3 Å². The molecule has 3 aromatic rings. The molecule has 4 rings (SSSR count). The van der Waals surface area contributed by atoms with E-state index in [1.807, 2.05) is 24.3 Å². The molecule has 6 nitrogen and oxygen atoms in total. The number of carbonyl (C=O) groups excluding carboxylic acids is 1. The highest BCUT2D eigenvalue weighted by molar-refractivity contribution is 5.85. The van der Waals surface area contributed by atoms with Crippen LogP contribution in [0.1, 0.15) is 17.0 Å². The summed E-state index contributed by atoms with van der Waals surface area (Å²) in [5.74, 6) is 0.0609. The quantitative estimate of drug-likeness (QED) is 0.773. The Bertz CT molecular complexity index is 848. The van der Waals surface area contributed by atoms with Crippen molar-refractivity contribution in [3.63, 3.8) is 0 Å². The van der Waals surface area contributed by atoms with Crippen LogP contribution in [0.4, 0.5) is 10.7 Å². The van der Waals surface area contributed by atoms with E-state index in [1.165, 1.54) is 28.6 Å². The number of hydrogen-bond acceptors (Lipinski definition) is 5. The first kappa shape index (κ1) is 16.0. The molecule has 2 aromatic carbocycles. The lowest BCUT2D eigenvalue weighted by Gasteiger charge is -2.13. The summed E-state index contributed by atoms with van der Waals surface area (Å²) in [4.78, 5) is 15.7. The highest BCUT2D eigenvalue weighted by atomic mass is 35.5. The van der Waals surface area contributed by atoms with E-state index in [4.69, 9.17) is 10.5 Å². The summed E-state index contributed by atoms with van der Waals surface area (Å²) in [6, 6.07) is 16.4. The molecule has 0 spiro atoms. The van der Waals surface area contributed by atoms with Crippen LogP contribution < -0.4 is 5.73 Å². The fourth-order valence-electron chi connectivity index (χ4n) is 3.02. The molecule has 0 saturated carbocycles. The van der Waals surface area contributed by atoms with E-state index >= 15 is 0 Å². The Morgan fingerprint density at radius 1 is 1.08 bits per heavy atom. The Morgan fingerprint density at radius 2 is 1.67 bits per heavy atom. The first-order valence-electron chi connectivity index (χ1n) is 7.26. The number of carbonyl (C=O) groups is 1. The van der Waals surface area contributed by atoms with E-state index in [2.05, 4.69) is 34.3 Å². The van der Waals surface area contributed by atoms with Crippen LogP contribution in [0.3, 0.4) is 0 Å². The second-order valence-corrected chi connectivity index (χ2v) is 5.35. The van der Waals surface area contributed by atoms with Crippen molar-refractivity contribution in [3.05, 3.63) is 66.0 Å². The fraction of sp³-hybridized carbons (Fsp3) is 0.118. The van der Waals surface area contributed by atoms with Crippen molar-refractivity contribution >= 4 is 24.4 Å². The smallest absolute Gasteiger partial charge is 0.436 e. The maximum Gasteiger partial charge on any atom is 0.436 e. The summed E-state index contributed by atoms with van der Waals surface area (Å²) in [5, 5.41) is 3.75. The van der Waals surface area contributed by atoms with Crippen molar-refractivity contribution < 1.29 is 9.53 Å². The van der Waals surface area contributed by atoms with Gasteiger partial charge in [0.25, 0.3) is 0 Å². The van der Waals surface area contributed by atoms with Gasteiger partial charge in [-0.05, 0) is 22.3 Å². The first-order valence-corrected chi connectivity index (χ1v) is 7.26. The molecule has 0 aliphatic heterocycles. The number of anilines is 1. The van der Waals surface area contributed by atoms with Crippen LogP contribution in [0.15, 0.2) is 54.9 Å². The van der Waals surface area contributed by atoms with Crippen molar-refractivity contribution in [3.8, 4) is 11.1 Å². The van der Waals surface area contributed by atoms with Gasteiger partial charge in [0.1, 0.15) is 12.9 Å². The molecule has 2 N–H and O–H groups in total. The minimum atomic E-state index is -0.587. The molecule has 24 heavy (non-hydrogen) atoms. The fourth-order valence-corrected chi connectivity index (χ4v) is 3.02. The third-order valence-electron chi connectivity index (χ3n) is 4.03. The maximum absolute atomic E-state index is 12.0. The molecule has 1 heterocycles. The summed E-state index contributed by atoms with van der Waals surface area (Å²) >= 11 is 0. The zero-order chi connectivity index (χ0) is 15.8. The van der Waals surface area contributed by atoms with Gasteiger partial charge in [0, 0.05) is 5.92 Å². The van der Waals surface area contributed by atoms with Gasteiger partial charge in [0.05, 0.1) is 0 Å². The van der Waals surface area contributed by atoms with Gasteiger partial charge in [-0.2, -0.15) is 4.68 Å². The Balaban J connectivity index is 0.00000169. The maximum atomic E-state index is 12.0. The number of fused-ring (bicyclic) bond motifs is 3. The summed E-state index contributed by atoms with van der Waals surface area (Å²) in [6.07, 6.45) is 0.657. The van der Waals surface area contributed by atoms with Gasteiger partial charge in [0.15, 0.2) is 0 Å². The zero-order valence-corrected chi connectivity index (χ0v) is 13.4. The van der Waals surface area contributed by atoms with Gasteiger partial charge in [0.2, 0.25) is 5.95 Å². The predicted octanol–water partition coefficient (Wildman–Crippen LogP) is 3.08. The van der Waals surface area contributed by atoms with Crippen LogP contribution in [-0.4, -0.2) is 27.5 Å². The number of halogens is 1. The Labute approximate surface area is 144 Å². The van der Waals surface area contributed by atoms with Gasteiger partial charge in [-0.25, -0.2) is 9.78 Å². The average Bonchev–Trinajstić information content (AvgIpc) is 3.15. The largest absolute Gasteiger partial charge is 0.447 e. The van der Waals surface area contributed by atoms with Gasteiger partial charge in [-0.15, -0.1) is 17.5 Å². The molecule has 0 saturated heterocycles. The number of nitrogens with two attached hydrogens (primary N) is 1. The molecule has 1 aliphatic rings. The third-order valence-corrected chi connectivity index (χ3v) is 4.03. The second kappa shape index (κ2) is 6.33. The summed E-state index contributed by atoms with van der Waals surface area (Å²) in [6.45, 7) is 0.243. The molecule has 0 atom stereocenters. The minimum Gasteiger partial charge on any atom is -0.447 e. The number of nitrogen functional groups attached to an aromatic ring is 1.